The minimum atomic E-state index is -0.703. The molecule has 2 aliphatic rings. The summed E-state index contributed by atoms with van der Waals surface area (Å²) in [5.41, 5.74) is 0. The molecule has 30 heavy (non-hydrogen) atoms. The van der Waals surface area contributed by atoms with Gasteiger partial charge in [0.15, 0.2) is 11.6 Å². The van der Waals surface area contributed by atoms with Crippen molar-refractivity contribution in [3.63, 3.8) is 0 Å². The van der Waals surface area contributed by atoms with Gasteiger partial charge in [-0.2, -0.15) is 0 Å². The van der Waals surface area contributed by atoms with E-state index in [4.69, 9.17) is 24.1 Å². The van der Waals surface area contributed by atoms with Gasteiger partial charge in [-0.25, -0.2) is 0 Å². The number of unbranched alkanes of at least 4 members (excludes halogenated alkanes) is 6. The second kappa shape index (κ2) is 11.8. The zero-order chi connectivity index (χ0) is 22.2. The van der Waals surface area contributed by atoms with E-state index in [0.29, 0.717) is 0 Å². The molecule has 6 heteroatoms. The Hall–Kier alpha value is -0.690. The highest BCUT2D eigenvalue weighted by Crippen LogP contribution is 2.38. The average molecular weight is 429 g/mol. The summed E-state index contributed by atoms with van der Waals surface area (Å²) >= 11 is 0. The van der Waals surface area contributed by atoms with Crippen molar-refractivity contribution in [3.8, 4) is 0 Å². The molecule has 2 rings (SSSR count). The van der Waals surface area contributed by atoms with Crippen molar-refractivity contribution in [2.75, 3.05) is 0 Å². The number of carboxylic acids is 1. The Morgan fingerprint density at radius 1 is 0.700 bits per heavy atom. The first kappa shape index (κ1) is 25.6. The lowest BCUT2D eigenvalue weighted by atomic mass is 9.96. The highest BCUT2D eigenvalue weighted by molar-refractivity contribution is 5.66. The molecule has 0 spiro atoms. The van der Waals surface area contributed by atoms with E-state index in [-0.39, 0.29) is 30.8 Å². The van der Waals surface area contributed by atoms with Crippen LogP contribution in [-0.4, -0.2) is 47.1 Å². The highest BCUT2D eigenvalue weighted by Gasteiger charge is 2.47. The van der Waals surface area contributed by atoms with Crippen molar-refractivity contribution < 1.29 is 28.8 Å². The summed E-state index contributed by atoms with van der Waals surface area (Å²) in [6.45, 7) is 10.2. The van der Waals surface area contributed by atoms with Crippen molar-refractivity contribution in [3.05, 3.63) is 0 Å². The van der Waals surface area contributed by atoms with E-state index in [1.807, 2.05) is 27.7 Å². The van der Waals surface area contributed by atoms with Gasteiger partial charge in [-0.05, 0) is 47.0 Å². The Morgan fingerprint density at radius 3 is 1.63 bits per heavy atom. The van der Waals surface area contributed by atoms with Crippen LogP contribution in [-0.2, 0) is 23.7 Å². The van der Waals surface area contributed by atoms with Gasteiger partial charge in [-0.3, -0.25) is 4.79 Å². The summed E-state index contributed by atoms with van der Waals surface area (Å²) in [4.78, 5) is 10.6. The molecule has 2 saturated heterocycles. The standard InChI is InChI=1S/C24H44O6/c1-6-7-11-14-18-20(29-23(2,3)27-18)17-21-19(28-24(4,5)30-21)15-12-9-8-10-13-16-22(25)26/h18-21H,6-17H2,1-5H3,(H,25,26). The molecule has 4 atom stereocenters. The molecule has 2 aliphatic heterocycles. The van der Waals surface area contributed by atoms with E-state index in [0.717, 1.165) is 57.8 Å². The van der Waals surface area contributed by atoms with Crippen LogP contribution in [0.2, 0.25) is 0 Å². The third-order valence-electron chi connectivity index (χ3n) is 6.01. The van der Waals surface area contributed by atoms with Crippen LogP contribution in [0.25, 0.3) is 0 Å². The van der Waals surface area contributed by atoms with Crippen molar-refractivity contribution in [1.82, 2.24) is 0 Å². The summed E-state index contributed by atoms with van der Waals surface area (Å²) in [5.74, 6) is -1.81. The smallest absolute Gasteiger partial charge is 0.303 e. The van der Waals surface area contributed by atoms with Crippen molar-refractivity contribution in [1.29, 1.82) is 0 Å². The van der Waals surface area contributed by atoms with Crippen LogP contribution in [0.3, 0.4) is 0 Å². The Morgan fingerprint density at radius 2 is 1.13 bits per heavy atom. The van der Waals surface area contributed by atoms with Gasteiger partial charge in [0.2, 0.25) is 0 Å². The maximum Gasteiger partial charge on any atom is 0.303 e. The molecule has 0 aliphatic carbocycles. The number of aliphatic carboxylic acids is 1. The zero-order valence-corrected chi connectivity index (χ0v) is 19.8. The third kappa shape index (κ3) is 8.81. The predicted octanol–water partition coefficient (Wildman–Crippen LogP) is 5.81. The number of ether oxygens (including phenoxy) is 4. The first-order valence-electron chi connectivity index (χ1n) is 12.0. The van der Waals surface area contributed by atoms with Gasteiger partial charge in [0, 0.05) is 12.8 Å². The maximum atomic E-state index is 10.6. The van der Waals surface area contributed by atoms with E-state index in [1.165, 1.54) is 12.8 Å². The Balaban J connectivity index is 1.81. The van der Waals surface area contributed by atoms with E-state index in [9.17, 15) is 4.79 Å². The number of carbonyl (C=O) groups is 1. The Bertz CT molecular complexity index is 518. The van der Waals surface area contributed by atoms with Gasteiger partial charge in [0.25, 0.3) is 0 Å². The molecular formula is C24H44O6. The first-order chi connectivity index (χ1) is 14.1. The minimum Gasteiger partial charge on any atom is -0.481 e. The van der Waals surface area contributed by atoms with E-state index >= 15 is 0 Å². The molecule has 0 bridgehead atoms. The SMILES string of the molecule is CCCCCC1OC(C)(C)OC1CC1OC(C)(C)OC1CCCCCCCC(=O)O. The number of hydrogen-bond donors (Lipinski definition) is 1. The minimum absolute atomic E-state index is 0.0168. The molecule has 0 radical (unpaired) electrons. The van der Waals surface area contributed by atoms with Gasteiger partial charge in [-0.1, -0.05) is 51.9 Å². The van der Waals surface area contributed by atoms with Crippen molar-refractivity contribution in [2.45, 2.75) is 148 Å². The molecule has 176 valence electrons. The quantitative estimate of drug-likeness (QED) is 0.352. The molecule has 1 N–H and O–H groups in total. The predicted molar refractivity (Wildman–Crippen MR) is 116 cm³/mol. The molecule has 0 aromatic heterocycles. The maximum absolute atomic E-state index is 10.6. The Kier molecular flexibility index (Phi) is 10.1. The summed E-state index contributed by atoms with van der Waals surface area (Å²) < 4.78 is 24.9. The number of rotatable bonds is 14. The van der Waals surface area contributed by atoms with Crippen LogP contribution < -0.4 is 0 Å². The van der Waals surface area contributed by atoms with Gasteiger partial charge >= 0.3 is 5.97 Å². The molecule has 0 aromatic carbocycles. The van der Waals surface area contributed by atoms with Gasteiger partial charge in [-0.15, -0.1) is 0 Å². The number of carboxylic acid groups (broad SMARTS) is 1. The second-order valence-electron chi connectivity index (χ2n) is 9.86. The van der Waals surface area contributed by atoms with E-state index in [2.05, 4.69) is 6.92 Å². The van der Waals surface area contributed by atoms with Gasteiger partial charge in [0.05, 0.1) is 24.4 Å². The van der Waals surface area contributed by atoms with Gasteiger partial charge in [0.1, 0.15) is 0 Å². The molecule has 6 nitrogen and oxygen atoms in total. The fraction of sp³-hybridized carbons (Fsp3) is 0.958. The molecule has 2 heterocycles. The highest BCUT2D eigenvalue weighted by atomic mass is 16.8. The molecule has 2 fully saturated rings. The van der Waals surface area contributed by atoms with Crippen molar-refractivity contribution in [2.24, 2.45) is 0 Å². The number of hydrogen-bond acceptors (Lipinski definition) is 5. The van der Waals surface area contributed by atoms with E-state index in [1.54, 1.807) is 0 Å². The molecule has 0 amide bonds. The topological polar surface area (TPSA) is 74.2 Å². The van der Waals surface area contributed by atoms with Crippen LogP contribution >= 0.6 is 0 Å². The lowest BCUT2D eigenvalue weighted by Gasteiger charge is -2.23. The summed E-state index contributed by atoms with van der Waals surface area (Å²) in [5, 5.41) is 8.72. The lowest BCUT2D eigenvalue weighted by molar-refractivity contribution is -0.157. The largest absolute Gasteiger partial charge is 0.481 e. The summed E-state index contributed by atoms with van der Waals surface area (Å²) in [7, 11) is 0. The normalized spacial score (nSPS) is 30.0. The first-order valence-corrected chi connectivity index (χ1v) is 12.0. The lowest BCUT2D eigenvalue weighted by Crippen LogP contribution is -2.33. The fourth-order valence-corrected chi connectivity index (χ4v) is 4.68. The van der Waals surface area contributed by atoms with Crippen molar-refractivity contribution >= 4 is 5.97 Å². The van der Waals surface area contributed by atoms with Crippen LogP contribution in [0.15, 0.2) is 0 Å². The fourth-order valence-electron chi connectivity index (χ4n) is 4.68. The second-order valence-corrected chi connectivity index (χ2v) is 9.86. The summed E-state index contributed by atoms with van der Waals surface area (Å²) in [6.07, 6.45) is 11.9. The molecule has 4 unspecified atom stereocenters. The Labute approximate surface area is 183 Å². The van der Waals surface area contributed by atoms with Crippen LogP contribution in [0.4, 0.5) is 0 Å². The van der Waals surface area contributed by atoms with Crippen LogP contribution in [0.1, 0.15) is 112 Å². The zero-order valence-electron chi connectivity index (χ0n) is 19.8. The van der Waals surface area contributed by atoms with Gasteiger partial charge < -0.3 is 24.1 Å². The summed E-state index contributed by atoms with van der Waals surface area (Å²) in [6, 6.07) is 0. The van der Waals surface area contributed by atoms with Crippen LogP contribution in [0.5, 0.6) is 0 Å². The average Bonchev–Trinajstić information content (AvgIpc) is 3.08. The molecule has 0 aromatic rings. The van der Waals surface area contributed by atoms with Crippen LogP contribution in [0, 0.1) is 0 Å². The van der Waals surface area contributed by atoms with E-state index < -0.39 is 17.5 Å². The molecule has 0 saturated carbocycles. The monoisotopic (exact) mass is 428 g/mol. The third-order valence-corrected chi connectivity index (χ3v) is 6.01. The molecular weight excluding hydrogens is 384 g/mol.